The minimum absolute atomic E-state index is 0.132. The van der Waals surface area contributed by atoms with Crippen LogP contribution < -0.4 is 0 Å². The number of hydrogen-bond acceptors (Lipinski definition) is 4. The molecule has 1 unspecified atom stereocenters. The predicted octanol–water partition coefficient (Wildman–Crippen LogP) is 1.15. The van der Waals surface area contributed by atoms with E-state index in [4.69, 9.17) is 9.57 Å². The first-order valence-corrected chi connectivity index (χ1v) is 5.82. The maximum absolute atomic E-state index is 11.6. The van der Waals surface area contributed by atoms with Crippen molar-refractivity contribution >= 4 is 11.7 Å². The van der Waals surface area contributed by atoms with Crippen molar-refractivity contribution in [2.45, 2.75) is 44.6 Å². The Kier molecular flexibility index (Phi) is 1.80. The molecule has 0 saturated heterocycles. The molecule has 0 N–H and O–H groups in total. The number of carbonyl (C=O) groups is 1. The first-order chi connectivity index (χ1) is 7.62. The molecular weight excluding hydrogens is 210 g/mol. The van der Waals surface area contributed by atoms with Crippen LogP contribution in [0.2, 0.25) is 0 Å². The monoisotopic (exact) mass is 225 g/mol. The average Bonchev–Trinajstić information content (AvgIpc) is 2.99. The highest BCUT2D eigenvalue weighted by Crippen LogP contribution is 2.70. The Morgan fingerprint density at radius 1 is 1.50 bits per heavy atom. The van der Waals surface area contributed by atoms with Gasteiger partial charge in [0.2, 0.25) is 0 Å². The van der Waals surface area contributed by atoms with E-state index in [2.05, 4.69) is 0 Å². The fourth-order valence-electron chi connectivity index (χ4n) is 2.97. The molecule has 3 rings (SSSR count). The second-order valence-corrected chi connectivity index (χ2v) is 4.97. The highest BCUT2D eigenvalue weighted by molar-refractivity contribution is 6.34. The normalized spacial score (nSPS) is 33.8. The molecule has 88 valence electrons. The molecule has 0 bridgehead atoms. The first kappa shape index (κ1) is 9.93. The quantitative estimate of drug-likeness (QED) is 0.522. The lowest BCUT2D eigenvalue weighted by atomic mass is 9.64. The number of rotatable bonds is 2. The van der Waals surface area contributed by atoms with Gasteiger partial charge in [-0.1, -0.05) is 0 Å². The second kappa shape index (κ2) is 2.90. The standard InChI is InChI=1S/C11H15NO4/c1-2-15-9(13)8-7-11(16-12(8)14)6-5-10(11)3-4-10/h2-7H2,1H3. The number of nitrogens with zero attached hydrogens (tertiary/aromatic N) is 1. The highest BCUT2D eigenvalue weighted by atomic mass is 16.9. The van der Waals surface area contributed by atoms with Crippen molar-refractivity contribution in [3.63, 3.8) is 0 Å². The van der Waals surface area contributed by atoms with Crippen molar-refractivity contribution in [3.8, 4) is 0 Å². The van der Waals surface area contributed by atoms with Gasteiger partial charge in [-0.3, -0.25) is 5.21 Å². The Balaban J connectivity index is 1.77. The zero-order valence-electron chi connectivity index (χ0n) is 9.32. The van der Waals surface area contributed by atoms with E-state index in [0.29, 0.717) is 11.3 Å². The summed E-state index contributed by atoms with van der Waals surface area (Å²) >= 11 is 0. The smallest absolute Gasteiger partial charge is 0.405 e. The van der Waals surface area contributed by atoms with E-state index in [9.17, 15) is 10.0 Å². The Morgan fingerprint density at radius 3 is 2.69 bits per heavy atom. The predicted molar refractivity (Wildman–Crippen MR) is 54.6 cm³/mol. The van der Waals surface area contributed by atoms with Gasteiger partial charge >= 0.3 is 11.7 Å². The second-order valence-electron chi connectivity index (χ2n) is 4.97. The van der Waals surface area contributed by atoms with Gasteiger partial charge in [-0.25, -0.2) is 4.79 Å². The third kappa shape index (κ3) is 1.06. The van der Waals surface area contributed by atoms with Crippen LogP contribution >= 0.6 is 0 Å². The van der Waals surface area contributed by atoms with Gasteiger partial charge in [0.25, 0.3) is 0 Å². The van der Waals surface area contributed by atoms with Gasteiger partial charge < -0.3 is 9.57 Å². The molecule has 16 heavy (non-hydrogen) atoms. The van der Waals surface area contributed by atoms with Crippen LogP contribution in [0.15, 0.2) is 0 Å². The van der Waals surface area contributed by atoms with Gasteiger partial charge in [0.05, 0.1) is 18.6 Å². The largest absolute Gasteiger partial charge is 0.458 e. The minimum Gasteiger partial charge on any atom is -0.458 e. The summed E-state index contributed by atoms with van der Waals surface area (Å²) in [6, 6.07) is 0. The van der Waals surface area contributed by atoms with Gasteiger partial charge in [-0.15, -0.1) is 0 Å². The Labute approximate surface area is 93.6 Å². The number of esters is 1. The van der Waals surface area contributed by atoms with Crippen molar-refractivity contribution in [2.24, 2.45) is 5.41 Å². The highest BCUT2D eigenvalue weighted by Gasteiger charge is 2.69. The maximum Gasteiger partial charge on any atom is 0.405 e. The first-order valence-electron chi connectivity index (χ1n) is 5.82. The summed E-state index contributed by atoms with van der Waals surface area (Å²) < 4.78 is 4.85. The maximum atomic E-state index is 11.6. The summed E-state index contributed by atoms with van der Waals surface area (Å²) in [5, 5.41) is 11.6. The molecule has 0 aromatic rings. The van der Waals surface area contributed by atoms with Crippen LogP contribution in [-0.4, -0.2) is 28.8 Å². The SMILES string of the molecule is CCOC(=O)C1=[N+]([O-])OC2(CCC23CC3)C1. The topological polar surface area (TPSA) is 61.6 Å². The molecule has 3 aliphatic rings. The number of hydrogen-bond donors (Lipinski definition) is 0. The molecule has 5 heteroatoms. The van der Waals surface area contributed by atoms with Crippen molar-refractivity contribution in [3.05, 3.63) is 5.21 Å². The van der Waals surface area contributed by atoms with E-state index in [-0.39, 0.29) is 23.3 Å². The van der Waals surface area contributed by atoms with Gasteiger partial charge in [-0.05, 0) is 38.0 Å². The van der Waals surface area contributed by atoms with Crippen LogP contribution in [-0.2, 0) is 14.4 Å². The molecule has 0 amide bonds. The zero-order chi connectivity index (χ0) is 11.4. The number of ether oxygens (including phenoxy) is 1. The van der Waals surface area contributed by atoms with Crippen LogP contribution in [0.25, 0.3) is 0 Å². The van der Waals surface area contributed by atoms with Crippen molar-refractivity contribution in [2.75, 3.05) is 6.61 Å². The van der Waals surface area contributed by atoms with Gasteiger partial charge in [0.15, 0.2) is 0 Å². The lowest BCUT2D eigenvalue weighted by molar-refractivity contribution is -0.760. The molecule has 2 saturated carbocycles. The van der Waals surface area contributed by atoms with E-state index >= 15 is 0 Å². The van der Waals surface area contributed by atoms with Crippen LogP contribution in [0.1, 0.15) is 39.0 Å². The van der Waals surface area contributed by atoms with Crippen LogP contribution in [0, 0.1) is 10.6 Å². The van der Waals surface area contributed by atoms with Gasteiger partial charge in [0, 0.05) is 4.90 Å². The van der Waals surface area contributed by atoms with Gasteiger partial charge in [0.1, 0.15) is 0 Å². The van der Waals surface area contributed by atoms with E-state index < -0.39 is 5.97 Å². The Hall–Kier alpha value is -1.26. The summed E-state index contributed by atoms with van der Waals surface area (Å²) in [6.07, 6.45) is 4.68. The molecule has 2 spiro atoms. The molecule has 0 aromatic carbocycles. The molecule has 1 atom stereocenters. The van der Waals surface area contributed by atoms with Crippen LogP contribution in [0.3, 0.4) is 0 Å². The van der Waals surface area contributed by atoms with Crippen molar-refractivity contribution in [1.29, 1.82) is 0 Å². The molecular formula is C11H15NO4. The molecule has 1 heterocycles. The lowest BCUT2D eigenvalue weighted by Crippen LogP contribution is -2.50. The van der Waals surface area contributed by atoms with E-state index in [1.165, 1.54) is 0 Å². The van der Waals surface area contributed by atoms with Crippen molar-refractivity contribution in [1.82, 2.24) is 0 Å². The van der Waals surface area contributed by atoms with E-state index in [1.54, 1.807) is 6.92 Å². The molecule has 2 fully saturated rings. The van der Waals surface area contributed by atoms with Crippen LogP contribution in [0.4, 0.5) is 0 Å². The lowest BCUT2D eigenvalue weighted by Gasteiger charge is -2.47. The minimum atomic E-state index is -0.530. The summed E-state index contributed by atoms with van der Waals surface area (Å²) in [5.74, 6) is -0.530. The number of fused-ring (bicyclic) bond motifs is 1. The van der Waals surface area contributed by atoms with E-state index in [0.717, 1.165) is 25.7 Å². The molecule has 1 aliphatic heterocycles. The van der Waals surface area contributed by atoms with E-state index in [1.807, 2.05) is 0 Å². The molecule has 0 aromatic heterocycles. The number of carbonyl (C=O) groups excluding carboxylic acids is 1. The molecule has 0 radical (unpaired) electrons. The summed E-state index contributed by atoms with van der Waals surface area (Å²) in [6.45, 7) is 2.01. The van der Waals surface area contributed by atoms with Gasteiger partial charge in [-0.2, -0.15) is 0 Å². The zero-order valence-corrected chi connectivity index (χ0v) is 9.32. The molecule has 5 nitrogen and oxygen atoms in total. The Bertz CT molecular complexity index is 385. The third-order valence-electron chi connectivity index (χ3n) is 4.27. The Morgan fingerprint density at radius 2 is 2.19 bits per heavy atom. The summed E-state index contributed by atoms with van der Waals surface area (Å²) in [7, 11) is 0. The average molecular weight is 225 g/mol. The third-order valence-corrected chi connectivity index (χ3v) is 4.27. The summed E-state index contributed by atoms with van der Waals surface area (Å²) in [5.41, 5.74) is -0.0476. The van der Waals surface area contributed by atoms with Crippen molar-refractivity contribution < 1.29 is 19.3 Å². The van der Waals surface area contributed by atoms with Crippen LogP contribution in [0.5, 0.6) is 0 Å². The fraction of sp³-hybridized carbons (Fsp3) is 0.818. The summed E-state index contributed by atoms with van der Waals surface area (Å²) in [4.78, 5) is 17.3. The molecule has 2 aliphatic carbocycles. The fourth-order valence-corrected chi connectivity index (χ4v) is 2.97.